The van der Waals surface area contributed by atoms with E-state index in [4.69, 9.17) is 0 Å². The molecule has 9 heteroatoms. The van der Waals surface area contributed by atoms with Crippen molar-refractivity contribution >= 4 is 87.2 Å². The first-order valence-electron chi connectivity index (χ1n) is 25.6. The number of aromatic nitrogens is 4. The third-order valence-corrected chi connectivity index (χ3v) is 15.6. The van der Waals surface area contributed by atoms with Crippen LogP contribution in [-0.2, 0) is 6.18 Å². The molecule has 0 aliphatic heterocycles. The Balaban J connectivity index is 1.08. The molecule has 0 aliphatic carbocycles. The van der Waals surface area contributed by atoms with Crippen molar-refractivity contribution < 1.29 is 13.2 Å². The molecule has 0 aliphatic rings. The fourth-order valence-electron chi connectivity index (χ4n) is 12.3. The first kappa shape index (κ1) is 44.8. The summed E-state index contributed by atoms with van der Waals surface area (Å²) in [6.45, 7) is 0. The summed E-state index contributed by atoms with van der Waals surface area (Å²) in [5.74, 6) is 0. The van der Waals surface area contributed by atoms with Gasteiger partial charge in [-0.3, -0.25) is 0 Å². The molecule has 15 rings (SSSR count). The third-order valence-electron chi connectivity index (χ3n) is 15.6. The number of hydrogen-bond donors (Lipinski definition) is 0. The second kappa shape index (κ2) is 17.0. The largest absolute Gasteiger partial charge is 0.417 e. The molecule has 0 amide bonds. The molecule has 0 spiro atoms. The molecule has 6 nitrogen and oxygen atoms in total. The van der Waals surface area contributed by atoms with Gasteiger partial charge < -0.3 is 18.3 Å². The number of halogens is 3. The highest BCUT2D eigenvalue weighted by atomic mass is 19.4. The van der Waals surface area contributed by atoms with Gasteiger partial charge in [0.25, 0.3) is 0 Å². The van der Waals surface area contributed by atoms with Crippen molar-refractivity contribution in [2.75, 3.05) is 0 Å². The standard InChI is InChI=1S/C69H39F3N6/c70-69(71,72)58-33-42(40-73)27-30-47(58)44-29-32-63(77-61-25-13-9-21-50(61)56-36-54-48-19-7-11-23-59(48)75(65(54)38-67(56)77)45-15-3-1-4-16-45)53(35-44)52-31-28-43(41-74)34-64(52)78-62-26-14-10-22-51(62)57-37-55-49-20-8-12-24-60(49)76(66(55)39-68(57)78)46-17-5-2-6-18-46/h1-39H. The molecule has 78 heavy (non-hydrogen) atoms. The Bertz CT molecular complexity index is 5100. The van der Waals surface area contributed by atoms with Gasteiger partial charge >= 0.3 is 6.18 Å². The van der Waals surface area contributed by atoms with Crippen LogP contribution in [-0.4, -0.2) is 18.3 Å². The maximum Gasteiger partial charge on any atom is 0.417 e. The zero-order valence-electron chi connectivity index (χ0n) is 41.3. The molecule has 0 radical (unpaired) electrons. The van der Waals surface area contributed by atoms with Crippen molar-refractivity contribution in [3.63, 3.8) is 0 Å². The van der Waals surface area contributed by atoms with Crippen LogP contribution in [0, 0.1) is 22.7 Å². The predicted molar refractivity (Wildman–Crippen MR) is 309 cm³/mol. The molecule has 0 bridgehead atoms. The van der Waals surface area contributed by atoms with Crippen LogP contribution in [0.3, 0.4) is 0 Å². The van der Waals surface area contributed by atoms with Gasteiger partial charge in [0.05, 0.1) is 84.3 Å². The molecule has 0 saturated heterocycles. The maximum atomic E-state index is 15.3. The van der Waals surface area contributed by atoms with Crippen LogP contribution in [0.1, 0.15) is 16.7 Å². The third kappa shape index (κ3) is 6.62. The average Bonchev–Trinajstić information content (AvgIpc) is 4.35. The lowest BCUT2D eigenvalue weighted by Gasteiger charge is -2.21. The minimum atomic E-state index is -4.77. The van der Waals surface area contributed by atoms with Crippen LogP contribution in [0.5, 0.6) is 0 Å². The lowest BCUT2D eigenvalue weighted by molar-refractivity contribution is -0.137. The van der Waals surface area contributed by atoms with Crippen molar-refractivity contribution in [2.45, 2.75) is 6.18 Å². The number of nitriles is 2. The molecular formula is C69H39F3N6. The van der Waals surface area contributed by atoms with E-state index in [1.165, 1.54) is 12.1 Å². The maximum absolute atomic E-state index is 15.3. The quantitative estimate of drug-likeness (QED) is 0.167. The summed E-state index contributed by atoms with van der Waals surface area (Å²) in [6.07, 6.45) is -4.77. The van der Waals surface area contributed by atoms with Gasteiger partial charge in [0.1, 0.15) is 0 Å². The van der Waals surface area contributed by atoms with E-state index in [1.807, 2.05) is 91.0 Å². The highest BCUT2D eigenvalue weighted by Gasteiger charge is 2.35. The Morgan fingerprint density at radius 3 is 1.15 bits per heavy atom. The number of alkyl halides is 3. The zero-order valence-corrected chi connectivity index (χ0v) is 41.3. The second-order valence-corrected chi connectivity index (χ2v) is 19.8. The lowest BCUT2D eigenvalue weighted by atomic mass is 9.92. The van der Waals surface area contributed by atoms with E-state index in [0.29, 0.717) is 33.6 Å². The van der Waals surface area contributed by atoms with Gasteiger partial charge in [0, 0.05) is 65.6 Å². The second-order valence-electron chi connectivity index (χ2n) is 19.8. The number of nitrogens with zero attached hydrogens (tertiary/aromatic N) is 6. The monoisotopic (exact) mass is 1010 g/mol. The van der Waals surface area contributed by atoms with Gasteiger partial charge in [-0.15, -0.1) is 0 Å². The Morgan fingerprint density at radius 1 is 0.295 bits per heavy atom. The van der Waals surface area contributed by atoms with E-state index in [-0.39, 0.29) is 11.1 Å². The number of para-hydroxylation sites is 6. The van der Waals surface area contributed by atoms with Crippen molar-refractivity contribution in [2.24, 2.45) is 0 Å². The van der Waals surface area contributed by atoms with E-state index in [2.05, 4.69) is 146 Å². The molecular weight excluding hydrogens is 970 g/mol. The van der Waals surface area contributed by atoms with Crippen molar-refractivity contribution in [1.29, 1.82) is 10.5 Å². The highest BCUT2D eigenvalue weighted by Crippen LogP contribution is 2.47. The number of fused-ring (bicyclic) bond motifs is 12. The molecule has 4 aromatic heterocycles. The molecule has 15 aromatic rings. The Hall–Kier alpha value is -10.6. The molecule has 0 N–H and O–H groups in total. The van der Waals surface area contributed by atoms with Crippen molar-refractivity contribution in [1.82, 2.24) is 18.3 Å². The minimum Gasteiger partial charge on any atom is -0.309 e. The molecule has 11 aromatic carbocycles. The summed E-state index contributed by atoms with van der Waals surface area (Å²) in [5, 5.41) is 29.0. The number of benzene rings is 11. The van der Waals surface area contributed by atoms with Gasteiger partial charge in [0.2, 0.25) is 0 Å². The van der Waals surface area contributed by atoms with Gasteiger partial charge in [0.15, 0.2) is 0 Å². The normalized spacial score (nSPS) is 12.0. The molecule has 4 heterocycles. The van der Waals surface area contributed by atoms with Crippen molar-refractivity contribution in [3.05, 3.63) is 253 Å². The summed E-state index contributed by atoms with van der Waals surface area (Å²) in [4.78, 5) is 0. The Labute approximate surface area is 443 Å². The summed E-state index contributed by atoms with van der Waals surface area (Å²) in [6, 6.07) is 82.1. The summed E-state index contributed by atoms with van der Waals surface area (Å²) < 4.78 is 54.9. The molecule has 366 valence electrons. The van der Waals surface area contributed by atoms with Crippen LogP contribution in [0.4, 0.5) is 13.2 Å². The lowest BCUT2D eigenvalue weighted by Crippen LogP contribution is -2.08. The van der Waals surface area contributed by atoms with E-state index >= 15 is 13.2 Å². The van der Waals surface area contributed by atoms with Gasteiger partial charge in [-0.25, -0.2) is 0 Å². The Morgan fingerprint density at radius 2 is 0.692 bits per heavy atom. The summed E-state index contributed by atoms with van der Waals surface area (Å²) in [5.41, 5.74) is 12.1. The van der Waals surface area contributed by atoms with Gasteiger partial charge in [-0.1, -0.05) is 127 Å². The first-order chi connectivity index (χ1) is 38.2. The smallest absolute Gasteiger partial charge is 0.309 e. The highest BCUT2D eigenvalue weighted by molar-refractivity contribution is 6.21. The molecule has 0 atom stereocenters. The Kier molecular flexibility index (Phi) is 9.75. The van der Waals surface area contributed by atoms with E-state index in [1.54, 1.807) is 12.1 Å². The van der Waals surface area contributed by atoms with Crippen molar-refractivity contribution in [3.8, 4) is 57.1 Å². The molecule has 0 unspecified atom stereocenters. The topological polar surface area (TPSA) is 67.3 Å². The fraction of sp³-hybridized carbons (Fsp3) is 0.0145. The number of hydrogen-bond acceptors (Lipinski definition) is 2. The number of rotatable bonds is 6. The van der Waals surface area contributed by atoms with Crippen LogP contribution in [0.25, 0.3) is 132 Å². The van der Waals surface area contributed by atoms with E-state index in [0.717, 1.165) is 105 Å². The van der Waals surface area contributed by atoms with Gasteiger partial charge in [-0.2, -0.15) is 23.7 Å². The van der Waals surface area contributed by atoms with E-state index < -0.39 is 11.7 Å². The molecule has 0 saturated carbocycles. The summed E-state index contributed by atoms with van der Waals surface area (Å²) in [7, 11) is 0. The first-order valence-corrected chi connectivity index (χ1v) is 25.6. The fourth-order valence-corrected chi connectivity index (χ4v) is 12.3. The summed E-state index contributed by atoms with van der Waals surface area (Å²) >= 11 is 0. The van der Waals surface area contributed by atoms with Crippen LogP contribution in [0.15, 0.2) is 237 Å². The van der Waals surface area contributed by atoms with E-state index in [9.17, 15) is 10.5 Å². The van der Waals surface area contributed by atoms with Crippen LogP contribution in [0.2, 0.25) is 0 Å². The van der Waals surface area contributed by atoms with Gasteiger partial charge in [-0.05, 0) is 120 Å². The van der Waals surface area contributed by atoms with Crippen LogP contribution >= 0.6 is 0 Å². The SMILES string of the molecule is N#Cc1ccc(-c2cc(-c3ccc(C#N)cc3C(F)(F)F)ccc2-n2c3ccccc3c3cc4c5ccccc5n(-c5ccccc5)c4cc32)c(-n2c3ccccc3c3cc4c5ccccc5n(-c5ccccc5)c4cc32)c1. The zero-order chi connectivity index (χ0) is 52.4. The van der Waals surface area contributed by atoms with Crippen LogP contribution < -0.4 is 0 Å². The average molecular weight is 1010 g/mol. The molecule has 0 fully saturated rings. The minimum absolute atomic E-state index is 0.0613. The predicted octanol–water partition coefficient (Wildman–Crippen LogP) is 18.2.